The summed E-state index contributed by atoms with van der Waals surface area (Å²) >= 11 is 0. The summed E-state index contributed by atoms with van der Waals surface area (Å²) in [5, 5.41) is 19.1. The molecule has 13 heteroatoms. The largest absolute Gasteiger partial charge is 0.469 e. The summed E-state index contributed by atoms with van der Waals surface area (Å²) < 4.78 is 21.8. The maximum absolute atomic E-state index is 12.8. The molecule has 4 N–H and O–H groups in total. The molecule has 2 aromatic carbocycles. The Hall–Kier alpha value is -4.13. The third kappa shape index (κ3) is 6.40. The average molecular weight is 537 g/mol. The first-order valence-corrected chi connectivity index (χ1v) is 12.6. The molecule has 2 heterocycles. The molecule has 0 bridgehead atoms. The number of aliphatic hydroxyl groups is 1. The molecular formula is C25H20N3O9P. The Morgan fingerprint density at radius 1 is 1.13 bits per heavy atom. The molecule has 1 fully saturated rings. The molecule has 1 saturated heterocycles. The number of nitriles is 1. The first-order chi connectivity index (χ1) is 18.0. The van der Waals surface area contributed by atoms with Crippen molar-refractivity contribution in [2.75, 3.05) is 6.61 Å². The molecule has 12 nitrogen and oxygen atoms in total. The number of nitrogens with zero attached hydrogens (tertiary/aromatic N) is 2. The Bertz CT molecular complexity index is 1640. The number of H-pyrrole nitrogens is 1. The van der Waals surface area contributed by atoms with E-state index in [1.807, 2.05) is 6.07 Å². The molecule has 0 radical (unpaired) electrons. The van der Waals surface area contributed by atoms with E-state index in [9.17, 15) is 24.1 Å². The summed E-state index contributed by atoms with van der Waals surface area (Å²) in [6.07, 6.45) is -2.29. The molecule has 3 aromatic rings. The molecule has 0 amide bonds. The smallest absolute Gasteiger partial charge is 0.390 e. The Kier molecular flexibility index (Phi) is 7.86. The zero-order chi connectivity index (χ0) is 27.4. The van der Waals surface area contributed by atoms with Gasteiger partial charge in [0, 0.05) is 29.3 Å². The molecule has 0 aliphatic carbocycles. The van der Waals surface area contributed by atoms with Gasteiger partial charge >= 0.3 is 13.5 Å². The molecule has 38 heavy (non-hydrogen) atoms. The van der Waals surface area contributed by atoms with Crippen LogP contribution in [0.1, 0.15) is 45.3 Å². The van der Waals surface area contributed by atoms with E-state index < -0.39 is 44.1 Å². The summed E-state index contributed by atoms with van der Waals surface area (Å²) in [7, 11) is -4.79. The number of phosphoric acid groups is 1. The fourth-order valence-electron chi connectivity index (χ4n) is 3.74. The van der Waals surface area contributed by atoms with Gasteiger partial charge in [0.2, 0.25) is 0 Å². The Morgan fingerprint density at radius 3 is 2.55 bits per heavy atom. The van der Waals surface area contributed by atoms with E-state index in [0.717, 1.165) is 10.8 Å². The van der Waals surface area contributed by atoms with Crippen molar-refractivity contribution in [3.05, 3.63) is 103 Å². The van der Waals surface area contributed by atoms with Crippen molar-refractivity contribution < 1.29 is 33.5 Å². The molecule has 0 spiro atoms. The lowest BCUT2D eigenvalue weighted by Gasteiger charge is -2.16. The predicted octanol–water partition coefficient (Wildman–Crippen LogP) is 0.797. The number of aromatic amines is 1. The van der Waals surface area contributed by atoms with Crippen molar-refractivity contribution in [3.8, 4) is 17.9 Å². The number of carbonyl (C=O) groups is 1. The lowest BCUT2D eigenvalue weighted by atomic mass is 10.0. The number of rotatable bonds is 6. The first kappa shape index (κ1) is 26.9. The van der Waals surface area contributed by atoms with Gasteiger partial charge in [-0.25, -0.2) is 9.36 Å². The van der Waals surface area contributed by atoms with E-state index in [1.165, 1.54) is 12.1 Å². The van der Waals surface area contributed by atoms with E-state index >= 15 is 0 Å². The van der Waals surface area contributed by atoms with Crippen molar-refractivity contribution >= 4 is 13.6 Å². The molecular weight excluding hydrogens is 517 g/mol. The monoisotopic (exact) mass is 537 g/mol. The predicted molar refractivity (Wildman–Crippen MR) is 131 cm³/mol. The number of hydrogen-bond donors (Lipinski definition) is 4. The Labute approximate surface area is 215 Å². The summed E-state index contributed by atoms with van der Waals surface area (Å²) in [5.41, 5.74) is -0.105. The van der Waals surface area contributed by atoms with Crippen molar-refractivity contribution in [1.29, 1.82) is 5.26 Å². The van der Waals surface area contributed by atoms with Crippen molar-refractivity contribution in [1.82, 2.24) is 9.55 Å². The first-order valence-electron chi connectivity index (χ1n) is 11.1. The zero-order valence-corrected chi connectivity index (χ0v) is 20.4. The highest BCUT2D eigenvalue weighted by molar-refractivity contribution is 7.46. The number of phosphoric ester groups is 1. The fraction of sp³-hybridized carbons (Fsp3) is 0.200. The number of hydrogen-bond acceptors (Lipinski definition) is 8. The Morgan fingerprint density at radius 2 is 1.87 bits per heavy atom. The van der Waals surface area contributed by atoms with Crippen LogP contribution in [0.5, 0.6) is 0 Å². The van der Waals surface area contributed by atoms with E-state index in [4.69, 9.17) is 19.8 Å². The highest BCUT2D eigenvalue weighted by Crippen LogP contribution is 2.38. The number of carbonyl (C=O) groups excluding carboxylic acids is 1. The fourth-order valence-corrected chi connectivity index (χ4v) is 4.08. The van der Waals surface area contributed by atoms with Crippen LogP contribution in [0.3, 0.4) is 0 Å². The molecule has 1 aliphatic rings. The van der Waals surface area contributed by atoms with Crippen molar-refractivity contribution in [2.45, 2.75) is 24.9 Å². The summed E-state index contributed by atoms with van der Waals surface area (Å²) in [6.45, 7) is -0.607. The van der Waals surface area contributed by atoms with E-state index in [-0.39, 0.29) is 17.8 Å². The van der Waals surface area contributed by atoms with Gasteiger partial charge in [-0.3, -0.25) is 23.7 Å². The topological polar surface area (TPSA) is 192 Å². The lowest BCUT2D eigenvalue weighted by molar-refractivity contribution is -0.0451. The van der Waals surface area contributed by atoms with Crippen LogP contribution in [-0.4, -0.2) is 49.0 Å². The van der Waals surface area contributed by atoms with Crippen LogP contribution >= 0.6 is 7.82 Å². The highest BCUT2D eigenvalue weighted by Gasteiger charge is 2.37. The van der Waals surface area contributed by atoms with Gasteiger partial charge in [0.1, 0.15) is 17.9 Å². The van der Waals surface area contributed by atoms with Gasteiger partial charge in [-0.15, -0.1) is 0 Å². The molecule has 1 aliphatic heterocycles. The summed E-state index contributed by atoms with van der Waals surface area (Å²) in [6, 6.07) is 14.6. The maximum atomic E-state index is 12.8. The van der Waals surface area contributed by atoms with E-state index in [0.29, 0.717) is 22.3 Å². The summed E-state index contributed by atoms with van der Waals surface area (Å²) in [4.78, 5) is 57.3. The molecule has 1 aromatic heterocycles. The second-order valence-electron chi connectivity index (χ2n) is 8.28. The van der Waals surface area contributed by atoms with Crippen molar-refractivity contribution in [2.24, 2.45) is 0 Å². The third-order valence-corrected chi connectivity index (χ3v) is 6.12. The maximum Gasteiger partial charge on any atom is 0.469 e. The van der Waals surface area contributed by atoms with Crippen LogP contribution in [0.25, 0.3) is 0 Å². The van der Waals surface area contributed by atoms with Crippen LogP contribution in [0.2, 0.25) is 0 Å². The number of aliphatic hydroxyl groups excluding tert-OH is 1. The van der Waals surface area contributed by atoms with Crippen molar-refractivity contribution in [3.63, 3.8) is 0 Å². The average Bonchev–Trinajstić information content (AvgIpc) is 3.26. The minimum atomic E-state index is -4.79. The number of benzene rings is 2. The van der Waals surface area contributed by atoms with Crippen LogP contribution in [0.4, 0.5) is 0 Å². The van der Waals surface area contributed by atoms with Gasteiger partial charge in [-0.1, -0.05) is 24.0 Å². The van der Waals surface area contributed by atoms with Crippen LogP contribution in [0, 0.1) is 23.2 Å². The highest BCUT2D eigenvalue weighted by atomic mass is 31.2. The molecule has 0 saturated carbocycles. The molecule has 0 unspecified atom stereocenters. The number of nitrogens with one attached hydrogen (secondary N) is 1. The van der Waals surface area contributed by atoms with Crippen LogP contribution in [0.15, 0.2) is 64.3 Å². The van der Waals surface area contributed by atoms with Gasteiger partial charge in [-0.2, -0.15) is 5.26 Å². The quantitative estimate of drug-likeness (QED) is 0.199. The number of aromatic nitrogens is 2. The minimum absolute atomic E-state index is 0.0959. The standard InChI is InChI=1S/C25H20N3O9P/c26-12-16-5-7-17(8-6-16)23(30)18-3-1-2-15(10-18)4-9-19-13-28(25(32)27-24(19)31)22-11-20(29)21(37-22)14-36-38(33,34)35/h1-3,5-8,10,13,20-22,29H,11,14H2,(H,27,31,32)(H2,33,34,35)/t20-,21+,22+/m0/s1. The number of ketones is 1. The van der Waals surface area contributed by atoms with Gasteiger partial charge in [-0.05, 0) is 36.4 Å². The van der Waals surface area contributed by atoms with Gasteiger partial charge in [0.25, 0.3) is 5.56 Å². The van der Waals surface area contributed by atoms with Gasteiger partial charge < -0.3 is 19.6 Å². The summed E-state index contributed by atoms with van der Waals surface area (Å²) in [5.74, 6) is 5.16. The SMILES string of the molecule is N#Cc1ccc(C(=O)c2cccc(C#Cc3cn([C@H]4C[C@H](O)[C@@H](COP(=O)(O)O)O4)c(=O)[nH]c3=O)c2)cc1. The minimum Gasteiger partial charge on any atom is -0.390 e. The second-order valence-corrected chi connectivity index (χ2v) is 9.52. The lowest BCUT2D eigenvalue weighted by Crippen LogP contribution is -2.33. The van der Waals surface area contributed by atoms with E-state index in [2.05, 4.69) is 21.3 Å². The van der Waals surface area contributed by atoms with E-state index in [1.54, 1.807) is 36.4 Å². The normalized spacial score (nSPS) is 18.8. The number of ether oxygens (including phenoxy) is 1. The Balaban J connectivity index is 1.56. The molecule has 194 valence electrons. The van der Waals surface area contributed by atoms with Crippen LogP contribution in [-0.2, 0) is 13.8 Å². The zero-order valence-electron chi connectivity index (χ0n) is 19.5. The van der Waals surface area contributed by atoms with Gasteiger partial charge in [0.15, 0.2) is 5.78 Å². The van der Waals surface area contributed by atoms with Gasteiger partial charge in [0.05, 0.1) is 24.3 Å². The molecule has 4 rings (SSSR count). The second kappa shape index (κ2) is 11.1. The third-order valence-electron chi connectivity index (χ3n) is 5.63. The molecule has 3 atom stereocenters. The van der Waals surface area contributed by atoms with Crippen LogP contribution < -0.4 is 11.2 Å².